The summed E-state index contributed by atoms with van der Waals surface area (Å²) < 4.78 is 0. The van der Waals surface area contributed by atoms with Crippen molar-refractivity contribution < 1.29 is 14.8 Å². The highest BCUT2D eigenvalue weighted by molar-refractivity contribution is 5.94. The summed E-state index contributed by atoms with van der Waals surface area (Å²) in [6.07, 6.45) is 1.26. The highest BCUT2D eigenvalue weighted by Crippen LogP contribution is 2.17. The van der Waals surface area contributed by atoms with Crippen LogP contribution in [0.1, 0.15) is 19.8 Å². The van der Waals surface area contributed by atoms with Crippen molar-refractivity contribution in [1.82, 2.24) is 4.90 Å². The third-order valence-electron chi connectivity index (χ3n) is 3.70. The van der Waals surface area contributed by atoms with E-state index in [2.05, 4.69) is 5.32 Å². The van der Waals surface area contributed by atoms with Crippen LogP contribution >= 0.6 is 0 Å². The van der Waals surface area contributed by atoms with E-state index in [0.29, 0.717) is 12.2 Å². The van der Waals surface area contributed by atoms with Crippen LogP contribution in [0.4, 0.5) is 11.4 Å². The third-order valence-corrected chi connectivity index (χ3v) is 3.70. The van der Waals surface area contributed by atoms with Crippen molar-refractivity contribution >= 4 is 17.3 Å². The molecule has 0 aliphatic carbocycles. The second-order valence-corrected chi connectivity index (χ2v) is 5.26. The lowest BCUT2D eigenvalue weighted by Gasteiger charge is -2.33. The predicted octanol–water partition coefficient (Wildman–Crippen LogP) is 1.38. The van der Waals surface area contributed by atoms with Gasteiger partial charge in [0.15, 0.2) is 0 Å². The molecule has 0 bridgehead atoms. The van der Waals surface area contributed by atoms with E-state index >= 15 is 0 Å². The number of benzene rings is 1. The van der Waals surface area contributed by atoms with Crippen LogP contribution in [0.15, 0.2) is 24.3 Å². The summed E-state index contributed by atoms with van der Waals surface area (Å²) in [4.78, 5) is 24.2. The first-order valence-electron chi connectivity index (χ1n) is 6.95. The molecule has 0 radical (unpaired) electrons. The number of nitro benzene ring substituents is 1. The number of rotatable bonds is 4. The van der Waals surface area contributed by atoms with E-state index in [1.54, 1.807) is 6.92 Å². The Kier molecular flexibility index (Phi) is 4.87. The number of nitro groups is 1. The number of nitrogens with zero attached hydrogens (tertiary/aromatic N) is 2. The first-order chi connectivity index (χ1) is 9.97. The summed E-state index contributed by atoms with van der Waals surface area (Å²) in [7, 11) is 0. The molecule has 2 N–H and O–H groups in total. The number of β-amino-alcohol motifs (C(OH)–C–C–N with tert-alkyl or cyclic N) is 1. The van der Waals surface area contributed by atoms with Gasteiger partial charge in [0.1, 0.15) is 0 Å². The van der Waals surface area contributed by atoms with Crippen molar-refractivity contribution in [3.05, 3.63) is 34.4 Å². The van der Waals surface area contributed by atoms with Gasteiger partial charge in [-0.3, -0.25) is 19.8 Å². The molecule has 21 heavy (non-hydrogen) atoms. The fourth-order valence-electron chi connectivity index (χ4n) is 2.41. The third kappa shape index (κ3) is 3.99. The Morgan fingerprint density at radius 1 is 1.48 bits per heavy atom. The van der Waals surface area contributed by atoms with Gasteiger partial charge < -0.3 is 10.4 Å². The minimum Gasteiger partial charge on any atom is -0.392 e. The van der Waals surface area contributed by atoms with Gasteiger partial charge in [-0.25, -0.2) is 0 Å². The number of likely N-dealkylation sites (tertiary alicyclic amines) is 1. The number of amides is 1. The SMILES string of the molecule is C[C@H](C(=O)Nc1ccc([N+](=O)[O-])cc1)N1CCC[C@H](O)C1. The van der Waals surface area contributed by atoms with Crippen LogP contribution in [0.3, 0.4) is 0 Å². The molecular formula is C14H19N3O4. The van der Waals surface area contributed by atoms with Gasteiger partial charge in [0.05, 0.1) is 17.1 Å². The van der Waals surface area contributed by atoms with Crippen LogP contribution in [0.5, 0.6) is 0 Å². The number of anilines is 1. The van der Waals surface area contributed by atoms with E-state index in [0.717, 1.165) is 19.4 Å². The zero-order valence-corrected chi connectivity index (χ0v) is 11.9. The summed E-state index contributed by atoms with van der Waals surface area (Å²) in [5.41, 5.74) is 0.509. The highest BCUT2D eigenvalue weighted by atomic mass is 16.6. The Morgan fingerprint density at radius 3 is 2.71 bits per heavy atom. The molecule has 0 aromatic heterocycles. The van der Waals surface area contributed by atoms with Crippen molar-refractivity contribution in [1.29, 1.82) is 0 Å². The molecule has 1 heterocycles. The lowest BCUT2D eigenvalue weighted by atomic mass is 10.1. The quantitative estimate of drug-likeness (QED) is 0.646. The summed E-state index contributed by atoms with van der Waals surface area (Å²) in [5, 5.41) is 22.9. The van der Waals surface area contributed by atoms with Gasteiger partial charge in [-0.15, -0.1) is 0 Å². The van der Waals surface area contributed by atoms with Gasteiger partial charge in [0.2, 0.25) is 5.91 Å². The normalized spacial score (nSPS) is 20.8. The van der Waals surface area contributed by atoms with Crippen molar-refractivity contribution in [3.63, 3.8) is 0 Å². The number of aliphatic hydroxyl groups is 1. The van der Waals surface area contributed by atoms with E-state index in [1.165, 1.54) is 24.3 Å². The fraction of sp³-hybridized carbons (Fsp3) is 0.500. The molecule has 1 aliphatic rings. The number of carbonyl (C=O) groups is 1. The summed E-state index contributed by atoms with van der Waals surface area (Å²) in [6, 6.07) is 5.37. The van der Waals surface area contributed by atoms with E-state index in [1.807, 2.05) is 4.90 Å². The number of nitrogens with one attached hydrogen (secondary N) is 1. The molecule has 1 aromatic carbocycles. The average Bonchev–Trinajstić information content (AvgIpc) is 2.47. The van der Waals surface area contributed by atoms with Crippen molar-refractivity contribution in [2.75, 3.05) is 18.4 Å². The molecule has 1 saturated heterocycles. The van der Waals surface area contributed by atoms with Gasteiger partial charge in [-0.05, 0) is 38.4 Å². The van der Waals surface area contributed by atoms with Gasteiger partial charge in [-0.1, -0.05) is 0 Å². The zero-order chi connectivity index (χ0) is 15.4. The minimum absolute atomic E-state index is 0.0137. The minimum atomic E-state index is -0.483. The lowest BCUT2D eigenvalue weighted by molar-refractivity contribution is -0.384. The summed E-state index contributed by atoms with van der Waals surface area (Å²) in [6.45, 7) is 3.07. The molecule has 2 atom stereocenters. The maximum absolute atomic E-state index is 12.2. The molecule has 2 rings (SSSR count). The summed E-state index contributed by atoms with van der Waals surface area (Å²) >= 11 is 0. The molecule has 1 aliphatic heterocycles. The van der Waals surface area contributed by atoms with Crippen LogP contribution in [0.25, 0.3) is 0 Å². The second kappa shape index (κ2) is 6.64. The van der Waals surface area contributed by atoms with Gasteiger partial charge in [-0.2, -0.15) is 0 Å². The molecular weight excluding hydrogens is 274 g/mol. The van der Waals surface area contributed by atoms with E-state index in [-0.39, 0.29) is 23.7 Å². The van der Waals surface area contributed by atoms with Gasteiger partial charge in [0, 0.05) is 24.4 Å². The number of non-ortho nitro benzene ring substituents is 1. The van der Waals surface area contributed by atoms with Gasteiger partial charge in [0.25, 0.3) is 5.69 Å². The van der Waals surface area contributed by atoms with Crippen LogP contribution in [0, 0.1) is 10.1 Å². The molecule has 7 heteroatoms. The maximum atomic E-state index is 12.2. The zero-order valence-electron chi connectivity index (χ0n) is 11.9. The molecule has 1 aromatic rings. The smallest absolute Gasteiger partial charge is 0.269 e. The number of carbonyl (C=O) groups excluding carboxylic acids is 1. The Bertz CT molecular complexity index is 517. The number of hydrogen-bond acceptors (Lipinski definition) is 5. The van der Waals surface area contributed by atoms with Crippen molar-refractivity contribution in [3.8, 4) is 0 Å². The highest BCUT2D eigenvalue weighted by Gasteiger charge is 2.26. The van der Waals surface area contributed by atoms with Crippen LogP contribution in [-0.2, 0) is 4.79 Å². The molecule has 0 spiro atoms. The molecule has 1 fully saturated rings. The van der Waals surface area contributed by atoms with Crippen LogP contribution < -0.4 is 5.32 Å². The van der Waals surface area contributed by atoms with Crippen molar-refractivity contribution in [2.45, 2.75) is 31.9 Å². The second-order valence-electron chi connectivity index (χ2n) is 5.26. The molecule has 0 saturated carbocycles. The number of piperidine rings is 1. The average molecular weight is 293 g/mol. The Hall–Kier alpha value is -1.99. The number of hydrogen-bond donors (Lipinski definition) is 2. The van der Waals surface area contributed by atoms with Crippen molar-refractivity contribution in [2.24, 2.45) is 0 Å². The fourth-order valence-corrected chi connectivity index (χ4v) is 2.41. The largest absolute Gasteiger partial charge is 0.392 e. The Labute approximate surface area is 122 Å². The monoisotopic (exact) mass is 293 g/mol. The standard InChI is InChI=1S/C14H19N3O4/c1-10(16-8-2-3-13(18)9-16)14(19)15-11-4-6-12(7-5-11)17(20)21/h4-7,10,13,18H,2-3,8-9H2,1H3,(H,15,19)/t10-,13+/m1/s1. The van der Waals surface area contributed by atoms with Crippen LogP contribution in [-0.4, -0.2) is 46.1 Å². The van der Waals surface area contributed by atoms with E-state index in [9.17, 15) is 20.0 Å². The molecule has 0 unspecified atom stereocenters. The van der Waals surface area contributed by atoms with E-state index in [4.69, 9.17) is 0 Å². The van der Waals surface area contributed by atoms with Crippen LogP contribution in [0.2, 0.25) is 0 Å². The van der Waals surface area contributed by atoms with Gasteiger partial charge >= 0.3 is 0 Å². The lowest BCUT2D eigenvalue weighted by Crippen LogP contribution is -2.48. The molecule has 1 amide bonds. The van der Waals surface area contributed by atoms with E-state index < -0.39 is 4.92 Å². The maximum Gasteiger partial charge on any atom is 0.269 e. The summed E-state index contributed by atoms with van der Waals surface area (Å²) in [5.74, 6) is -0.182. The predicted molar refractivity (Wildman–Crippen MR) is 78.0 cm³/mol. The topological polar surface area (TPSA) is 95.7 Å². The first-order valence-corrected chi connectivity index (χ1v) is 6.95. The first kappa shape index (κ1) is 15.4. The molecule has 7 nitrogen and oxygen atoms in total. The number of aliphatic hydroxyl groups excluding tert-OH is 1. The Balaban J connectivity index is 1.95. The Morgan fingerprint density at radius 2 is 2.14 bits per heavy atom. The molecule has 114 valence electrons.